The second-order valence-electron chi connectivity index (χ2n) is 4.41. The Morgan fingerprint density at radius 1 is 1.55 bits per heavy atom. The number of aryl methyl sites for hydroxylation is 1. The number of hydrogen-bond donors (Lipinski definition) is 3. The number of aromatic amines is 1. The third kappa shape index (κ3) is 3.97. The van der Waals surface area contributed by atoms with Gasteiger partial charge in [-0.15, -0.1) is 0 Å². The lowest BCUT2D eigenvalue weighted by Crippen LogP contribution is -2.18. The van der Waals surface area contributed by atoms with Crippen molar-refractivity contribution < 1.29 is 14.6 Å². The van der Waals surface area contributed by atoms with Gasteiger partial charge in [0.05, 0.1) is 12.8 Å². The average Bonchev–Trinajstić information content (AvgIpc) is 2.90. The average molecular weight is 414 g/mol. The third-order valence-corrected chi connectivity index (χ3v) is 3.30. The zero-order valence-electron chi connectivity index (χ0n) is 12.1. The van der Waals surface area contributed by atoms with E-state index in [9.17, 15) is 9.90 Å². The Kier molecular flexibility index (Phi) is 5.36. The summed E-state index contributed by atoms with van der Waals surface area (Å²) in [4.78, 5) is 11.8. The van der Waals surface area contributed by atoms with Crippen LogP contribution in [0.1, 0.15) is 28.7 Å². The highest BCUT2D eigenvalue weighted by Gasteiger charge is 2.10. The van der Waals surface area contributed by atoms with Gasteiger partial charge in [-0.25, -0.2) is 5.43 Å². The summed E-state index contributed by atoms with van der Waals surface area (Å²) in [5, 5.41) is 20.4. The third-order valence-electron chi connectivity index (χ3n) is 2.68. The van der Waals surface area contributed by atoms with E-state index in [1.807, 2.05) is 6.92 Å². The number of phenolic OH excluding ortho intramolecular Hbond substituents is 1. The summed E-state index contributed by atoms with van der Waals surface area (Å²) < 4.78 is 6.22. The Morgan fingerprint density at radius 2 is 2.32 bits per heavy atom. The van der Waals surface area contributed by atoms with Crippen LogP contribution in [0.25, 0.3) is 0 Å². The van der Waals surface area contributed by atoms with Crippen LogP contribution in [0.4, 0.5) is 0 Å². The van der Waals surface area contributed by atoms with Gasteiger partial charge in [0.15, 0.2) is 17.2 Å². The van der Waals surface area contributed by atoms with Gasteiger partial charge in [-0.1, -0.05) is 0 Å². The molecule has 0 spiro atoms. The first kappa shape index (κ1) is 16.3. The highest BCUT2D eigenvalue weighted by molar-refractivity contribution is 14.1. The van der Waals surface area contributed by atoms with E-state index in [4.69, 9.17) is 4.74 Å². The molecule has 0 saturated heterocycles. The summed E-state index contributed by atoms with van der Waals surface area (Å²) in [6.07, 6.45) is 1.36. The molecule has 8 heteroatoms. The van der Waals surface area contributed by atoms with Crippen LogP contribution in [-0.2, 0) is 0 Å². The number of hydrogen-bond acceptors (Lipinski definition) is 5. The highest BCUT2D eigenvalue weighted by atomic mass is 127. The van der Waals surface area contributed by atoms with Gasteiger partial charge in [0.1, 0.15) is 0 Å². The number of nitrogens with one attached hydrogen (secondary N) is 2. The predicted octanol–water partition coefficient (Wildman–Crippen LogP) is 2.19. The van der Waals surface area contributed by atoms with E-state index in [1.54, 1.807) is 25.1 Å². The first-order valence-corrected chi connectivity index (χ1v) is 7.60. The molecule has 7 nitrogen and oxygen atoms in total. The van der Waals surface area contributed by atoms with Crippen molar-refractivity contribution in [2.24, 2.45) is 5.10 Å². The molecule has 2 aromatic rings. The van der Waals surface area contributed by atoms with Gasteiger partial charge in [0, 0.05) is 14.8 Å². The Hall–Kier alpha value is -2.10. The first-order chi connectivity index (χ1) is 10.5. The van der Waals surface area contributed by atoms with Gasteiger partial charge in [-0.05, 0) is 54.6 Å². The Morgan fingerprint density at radius 3 is 2.95 bits per heavy atom. The quantitative estimate of drug-likeness (QED) is 0.397. The number of carbonyl (C=O) groups is 1. The van der Waals surface area contributed by atoms with E-state index >= 15 is 0 Å². The van der Waals surface area contributed by atoms with Crippen molar-refractivity contribution in [3.63, 3.8) is 0 Å². The normalized spacial score (nSPS) is 10.9. The molecule has 1 heterocycles. The zero-order valence-corrected chi connectivity index (χ0v) is 14.2. The van der Waals surface area contributed by atoms with Crippen molar-refractivity contribution in [1.82, 2.24) is 15.6 Å². The molecule has 0 aliphatic rings. The maximum atomic E-state index is 11.8. The molecule has 0 aliphatic heterocycles. The van der Waals surface area contributed by atoms with E-state index in [1.165, 1.54) is 6.21 Å². The maximum Gasteiger partial charge on any atom is 0.291 e. The fourth-order valence-corrected chi connectivity index (χ4v) is 2.33. The molecule has 0 bridgehead atoms. The molecule has 0 atom stereocenters. The van der Waals surface area contributed by atoms with Gasteiger partial charge in [-0.3, -0.25) is 9.89 Å². The summed E-state index contributed by atoms with van der Waals surface area (Å²) in [6, 6.07) is 5.07. The van der Waals surface area contributed by atoms with Crippen LogP contribution in [0.15, 0.2) is 23.3 Å². The lowest BCUT2D eigenvalue weighted by molar-refractivity contribution is 0.0950. The Balaban J connectivity index is 2.11. The number of H-pyrrole nitrogens is 1. The second-order valence-corrected chi connectivity index (χ2v) is 5.66. The number of nitrogens with zero attached hydrogens (tertiary/aromatic N) is 2. The minimum Gasteiger partial charge on any atom is -0.504 e. The fraction of sp³-hybridized carbons (Fsp3) is 0.214. The lowest BCUT2D eigenvalue weighted by atomic mass is 10.2. The van der Waals surface area contributed by atoms with E-state index in [0.29, 0.717) is 17.9 Å². The minimum atomic E-state index is -0.434. The van der Waals surface area contributed by atoms with E-state index in [0.717, 1.165) is 9.26 Å². The number of phenols is 1. The second kappa shape index (κ2) is 7.25. The van der Waals surface area contributed by atoms with Gasteiger partial charge in [0.25, 0.3) is 5.91 Å². The molecule has 22 heavy (non-hydrogen) atoms. The minimum absolute atomic E-state index is 0.0177. The summed E-state index contributed by atoms with van der Waals surface area (Å²) in [5.41, 5.74) is 3.84. The van der Waals surface area contributed by atoms with Crippen molar-refractivity contribution in [2.45, 2.75) is 13.8 Å². The van der Waals surface area contributed by atoms with Crippen LogP contribution in [0.2, 0.25) is 0 Å². The fourth-order valence-electron chi connectivity index (χ4n) is 1.71. The molecule has 0 fully saturated rings. The van der Waals surface area contributed by atoms with Crippen molar-refractivity contribution in [3.05, 3.63) is 38.7 Å². The molecular weight excluding hydrogens is 399 g/mol. The summed E-state index contributed by atoms with van der Waals surface area (Å²) >= 11 is 2.11. The summed E-state index contributed by atoms with van der Waals surface area (Å²) in [6.45, 7) is 4.07. The number of rotatable bonds is 5. The molecule has 116 valence electrons. The highest BCUT2D eigenvalue weighted by Crippen LogP contribution is 2.31. The molecule has 1 aromatic heterocycles. The molecule has 1 aromatic carbocycles. The van der Waals surface area contributed by atoms with Crippen LogP contribution in [-0.4, -0.2) is 34.0 Å². The zero-order chi connectivity index (χ0) is 16.1. The molecule has 0 unspecified atom stereocenters. The molecule has 3 N–H and O–H groups in total. The van der Waals surface area contributed by atoms with E-state index in [2.05, 4.69) is 43.3 Å². The maximum absolute atomic E-state index is 11.8. The van der Waals surface area contributed by atoms with Crippen LogP contribution in [0, 0.1) is 10.5 Å². The standard InChI is InChI=1S/C14H15IN4O3/c1-3-22-12-6-10(15)5-9(13(12)20)7-16-19-14(21)11-4-8(2)17-18-11/h4-7,20H,3H2,1-2H3,(H,17,18)(H,19,21)/b16-7-. The molecule has 0 aliphatic carbocycles. The molecular formula is C14H15IN4O3. The number of hydrazone groups is 1. The summed E-state index contributed by atoms with van der Waals surface area (Å²) in [7, 11) is 0. The molecule has 0 radical (unpaired) electrons. The van der Waals surface area contributed by atoms with Gasteiger partial charge in [0.2, 0.25) is 0 Å². The summed E-state index contributed by atoms with van der Waals surface area (Å²) in [5.74, 6) is -0.0725. The molecule has 2 rings (SSSR count). The number of aromatic nitrogens is 2. The monoisotopic (exact) mass is 414 g/mol. The predicted molar refractivity (Wildman–Crippen MR) is 90.4 cm³/mol. The first-order valence-electron chi connectivity index (χ1n) is 6.52. The molecule has 1 amide bonds. The van der Waals surface area contributed by atoms with Crippen molar-refractivity contribution >= 4 is 34.7 Å². The van der Waals surface area contributed by atoms with Crippen molar-refractivity contribution in [1.29, 1.82) is 0 Å². The van der Waals surface area contributed by atoms with Crippen LogP contribution >= 0.6 is 22.6 Å². The van der Waals surface area contributed by atoms with Gasteiger partial charge < -0.3 is 9.84 Å². The smallest absolute Gasteiger partial charge is 0.291 e. The van der Waals surface area contributed by atoms with E-state index < -0.39 is 5.91 Å². The number of aromatic hydroxyl groups is 1. The Labute approximate surface area is 140 Å². The van der Waals surface area contributed by atoms with Crippen molar-refractivity contribution in [2.75, 3.05) is 6.61 Å². The van der Waals surface area contributed by atoms with Gasteiger partial charge >= 0.3 is 0 Å². The Bertz CT molecular complexity index is 712. The topological polar surface area (TPSA) is 99.6 Å². The number of amides is 1. The SMILES string of the molecule is CCOc1cc(I)cc(/C=N\NC(=O)c2cc(C)[nH]n2)c1O. The largest absolute Gasteiger partial charge is 0.504 e. The molecule has 0 saturated carbocycles. The number of ether oxygens (including phenoxy) is 1. The van der Waals surface area contributed by atoms with Crippen LogP contribution in [0.3, 0.4) is 0 Å². The number of halogens is 1. The number of carbonyl (C=O) groups excluding carboxylic acids is 1. The lowest BCUT2D eigenvalue weighted by Gasteiger charge is -2.08. The number of benzene rings is 1. The van der Waals surface area contributed by atoms with Crippen molar-refractivity contribution in [3.8, 4) is 11.5 Å². The van der Waals surface area contributed by atoms with Gasteiger partial charge in [-0.2, -0.15) is 10.2 Å². The van der Waals surface area contributed by atoms with E-state index in [-0.39, 0.29) is 11.4 Å². The van der Waals surface area contributed by atoms with Crippen LogP contribution in [0.5, 0.6) is 11.5 Å². The van der Waals surface area contributed by atoms with Crippen LogP contribution < -0.4 is 10.2 Å².